The van der Waals surface area contributed by atoms with E-state index >= 15 is 0 Å². The molecule has 2 aromatic rings. The molecule has 1 saturated carbocycles. The van der Waals surface area contributed by atoms with Gasteiger partial charge < -0.3 is 10.6 Å². The first-order valence-electron chi connectivity index (χ1n) is 7.89. The minimum atomic E-state index is 0.506. The van der Waals surface area contributed by atoms with Crippen LogP contribution in [0.25, 0.3) is 4.96 Å². The van der Waals surface area contributed by atoms with E-state index in [1.165, 1.54) is 31.4 Å². The van der Waals surface area contributed by atoms with Crippen molar-refractivity contribution in [3.63, 3.8) is 0 Å². The Bertz CT molecular complexity index is 603. The minimum absolute atomic E-state index is 0.506. The van der Waals surface area contributed by atoms with Crippen LogP contribution in [0.15, 0.2) is 11.6 Å². The highest BCUT2D eigenvalue weighted by Gasteiger charge is 2.30. The van der Waals surface area contributed by atoms with Crippen molar-refractivity contribution >= 4 is 22.1 Å². The third-order valence-electron chi connectivity index (χ3n) is 4.91. The van der Waals surface area contributed by atoms with Crippen LogP contribution in [-0.2, 0) is 6.42 Å². The summed E-state index contributed by atoms with van der Waals surface area (Å²) in [6, 6.07) is 0.610. The molecule has 2 heterocycles. The smallest absolute Gasteiger partial charge is 0.195 e. The molecular weight excluding hydrogens is 280 g/mol. The highest BCUT2D eigenvalue weighted by atomic mass is 32.1. The van der Waals surface area contributed by atoms with Crippen molar-refractivity contribution in [2.24, 2.45) is 11.1 Å². The Morgan fingerprint density at radius 1 is 1.43 bits per heavy atom. The molecule has 0 unspecified atom stereocenters. The maximum Gasteiger partial charge on any atom is 0.195 e. The minimum Gasteiger partial charge on any atom is -0.355 e. The molecule has 1 aliphatic carbocycles. The fourth-order valence-electron chi connectivity index (χ4n) is 3.42. The van der Waals surface area contributed by atoms with Crippen LogP contribution in [0.5, 0.6) is 0 Å². The van der Waals surface area contributed by atoms with Crippen LogP contribution in [0.2, 0.25) is 0 Å². The Hall–Kier alpha value is -1.07. The Morgan fingerprint density at radius 2 is 2.14 bits per heavy atom. The molecule has 0 atom stereocenters. The van der Waals surface area contributed by atoms with Gasteiger partial charge in [-0.05, 0) is 37.6 Å². The van der Waals surface area contributed by atoms with Gasteiger partial charge in [-0.1, -0.05) is 13.8 Å². The second-order valence-corrected chi connectivity index (χ2v) is 7.86. The maximum atomic E-state index is 5.81. The molecule has 2 aromatic heterocycles. The Kier molecular flexibility index (Phi) is 3.97. The molecular formula is C16H26N4S. The molecule has 0 aromatic carbocycles. The zero-order chi connectivity index (χ0) is 15.0. The molecule has 4 nitrogen and oxygen atoms in total. The zero-order valence-corrected chi connectivity index (χ0v) is 14.1. The summed E-state index contributed by atoms with van der Waals surface area (Å²) < 4.78 is 2.20. The average molecular weight is 306 g/mol. The predicted octanol–water partition coefficient (Wildman–Crippen LogP) is 3.30. The lowest BCUT2D eigenvalue weighted by molar-refractivity contribution is 0.222. The number of nitrogens with zero attached hydrogens (tertiary/aromatic N) is 3. The van der Waals surface area contributed by atoms with Gasteiger partial charge in [0.1, 0.15) is 0 Å². The number of anilines is 1. The molecule has 5 heteroatoms. The van der Waals surface area contributed by atoms with Crippen molar-refractivity contribution in [3.8, 4) is 0 Å². The first-order chi connectivity index (χ1) is 10.0. The van der Waals surface area contributed by atoms with Crippen molar-refractivity contribution in [1.29, 1.82) is 0 Å². The number of rotatable bonds is 4. The van der Waals surface area contributed by atoms with E-state index in [0.29, 0.717) is 18.0 Å². The Morgan fingerprint density at radius 3 is 2.81 bits per heavy atom. The van der Waals surface area contributed by atoms with Gasteiger partial charge in [-0.3, -0.25) is 4.40 Å². The molecule has 0 bridgehead atoms. The number of aromatic nitrogens is 2. The van der Waals surface area contributed by atoms with Gasteiger partial charge in [0.25, 0.3) is 0 Å². The van der Waals surface area contributed by atoms with Gasteiger partial charge in [0.2, 0.25) is 0 Å². The molecule has 0 radical (unpaired) electrons. The van der Waals surface area contributed by atoms with Gasteiger partial charge in [-0.25, -0.2) is 4.98 Å². The van der Waals surface area contributed by atoms with Crippen molar-refractivity contribution in [2.45, 2.75) is 52.0 Å². The first-order valence-corrected chi connectivity index (χ1v) is 8.77. The van der Waals surface area contributed by atoms with E-state index in [1.54, 1.807) is 11.3 Å². The summed E-state index contributed by atoms with van der Waals surface area (Å²) in [5.74, 6) is 1.14. The molecule has 1 aliphatic rings. The van der Waals surface area contributed by atoms with E-state index in [2.05, 4.69) is 41.8 Å². The van der Waals surface area contributed by atoms with Crippen LogP contribution in [0, 0.1) is 5.41 Å². The van der Waals surface area contributed by atoms with Crippen molar-refractivity contribution in [2.75, 3.05) is 18.5 Å². The summed E-state index contributed by atoms with van der Waals surface area (Å²) in [6.45, 7) is 5.44. The van der Waals surface area contributed by atoms with Crippen LogP contribution in [0.4, 0.5) is 5.82 Å². The van der Waals surface area contributed by atoms with E-state index in [9.17, 15) is 0 Å². The highest BCUT2D eigenvalue weighted by molar-refractivity contribution is 7.15. The maximum absolute atomic E-state index is 5.81. The van der Waals surface area contributed by atoms with E-state index in [1.807, 2.05) is 0 Å². The molecule has 3 rings (SSSR count). The van der Waals surface area contributed by atoms with Gasteiger partial charge in [-0.2, -0.15) is 0 Å². The molecule has 0 amide bonds. The first kappa shape index (κ1) is 14.9. The number of fused-ring (bicyclic) bond motifs is 1. The van der Waals surface area contributed by atoms with E-state index in [4.69, 9.17) is 10.7 Å². The van der Waals surface area contributed by atoms with Crippen LogP contribution in [-0.4, -0.2) is 29.0 Å². The summed E-state index contributed by atoms with van der Waals surface area (Å²) in [6.07, 6.45) is 8.12. The van der Waals surface area contributed by atoms with Gasteiger partial charge in [0.15, 0.2) is 10.8 Å². The number of hydrogen-bond acceptors (Lipinski definition) is 4. The lowest BCUT2D eigenvalue weighted by Gasteiger charge is -2.39. The second kappa shape index (κ2) is 5.61. The summed E-state index contributed by atoms with van der Waals surface area (Å²) >= 11 is 1.70. The standard InChI is InChI=1S/C16H26N4S/c1-16(2)7-4-12(5-8-16)19(3)14-13(6-9-17)20-10-11-21-15(20)18-14/h10-12H,4-9,17H2,1-3H3. The van der Waals surface area contributed by atoms with Crippen molar-refractivity contribution < 1.29 is 0 Å². The van der Waals surface area contributed by atoms with Crippen LogP contribution < -0.4 is 10.6 Å². The SMILES string of the molecule is CN(c1nc2sccn2c1CCN)C1CCC(C)(C)CC1. The average Bonchev–Trinajstić information content (AvgIpc) is 3.01. The van der Waals surface area contributed by atoms with Crippen molar-refractivity contribution in [3.05, 3.63) is 17.3 Å². The number of imidazole rings is 1. The molecule has 2 N–H and O–H groups in total. The third-order valence-corrected chi connectivity index (χ3v) is 5.67. The molecule has 21 heavy (non-hydrogen) atoms. The lowest BCUT2D eigenvalue weighted by Crippen LogP contribution is -2.38. The van der Waals surface area contributed by atoms with Crippen LogP contribution in [0.1, 0.15) is 45.2 Å². The summed E-state index contributed by atoms with van der Waals surface area (Å²) in [5, 5.41) is 2.09. The van der Waals surface area contributed by atoms with Gasteiger partial charge in [0.05, 0.1) is 5.69 Å². The fraction of sp³-hybridized carbons (Fsp3) is 0.688. The highest BCUT2D eigenvalue weighted by Crippen LogP contribution is 2.38. The number of thiazole rings is 1. The zero-order valence-electron chi connectivity index (χ0n) is 13.3. The normalized spacial score (nSPS) is 19.2. The lowest BCUT2D eigenvalue weighted by atomic mass is 9.75. The molecule has 1 fully saturated rings. The Labute approximate surface area is 131 Å². The largest absolute Gasteiger partial charge is 0.355 e. The van der Waals surface area contributed by atoms with Crippen LogP contribution in [0.3, 0.4) is 0 Å². The van der Waals surface area contributed by atoms with Gasteiger partial charge in [-0.15, -0.1) is 11.3 Å². The molecule has 0 spiro atoms. The van der Waals surface area contributed by atoms with E-state index < -0.39 is 0 Å². The quantitative estimate of drug-likeness (QED) is 0.942. The predicted molar refractivity (Wildman–Crippen MR) is 90.3 cm³/mol. The van der Waals surface area contributed by atoms with Gasteiger partial charge in [0, 0.05) is 31.1 Å². The number of hydrogen-bond donors (Lipinski definition) is 1. The Balaban J connectivity index is 1.85. The summed E-state index contributed by atoms with van der Waals surface area (Å²) in [5.41, 5.74) is 7.58. The summed E-state index contributed by atoms with van der Waals surface area (Å²) in [7, 11) is 2.20. The third kappa shape index (κ3) is 2.81. The van der Waals surface area contributed by atoms with Crippen LogP contribution >= 0.6 is 11.3 Å². The van der Waals surface area contributed by atoms with Gasteiger partial charge >= 0.3 is 0 Å². The number of nitrogens with two attached hydrogens (primary N) is 1. The molecule has 116 valence electrons. The van der Waals surface area contributed by atoms with Crippen molar-refractivity contribution in [1.82, 2.24) is 9.38 Å². The molecule has 0 saturated heterocycles. The topological polar surface area (TPSA) is 46.6 Å². The molecule has 0 aliphatic heterocycles. The van der Waals surface area contributed by atoms with E-state index in [0.717, 1.165) is 17.2 Å². The second-order valence-electron chi connectivity index (χ2n) is 6.98. The van der Waals surface area contributed by atoms with E-state index in [-0.39, 0.29) is 0 Å². The monoisotopic (exact) mass is 306 g/mol. The fourth-order valence-corrected chi connectivity index (χ4v) is 4.14. The summed E-state index contributed by atoms with van der Waals surface area (Å²) in [4.78, 5) is 8.34.